The van der Waals surface area contributed by atoms with Crippen molar-refractivity contribution in [2.24, 2.45) is 0 Å². The number of hydrogen-bond donors (Lipinski definition) is 1. The van der Waals surface area contributed by atoms with Crippen LogP contribution in [0.3, 0.4) is 0 Å². The van der Waals surface area contributed by atoms with Gasteiger partial charge in [0, 0.05) is 17.7 Å². The van der Waals surface area contributed by atoms with Crippen molar-refractivity contribution in [1.82, 2.24) is 9.97 Å². The lowest BCUT2D eigenvalue weighted by molar-refractivity contribution is 0.507. The minimum absolute atomic E-state index is 0.306. The molecule has 3 rings (SSSR count). The van der Waals surface area contributed by atoms with E-state index < -0.39 is 0 Å². The van der Waals surface area contributed by atoms with Crippen molar-refractivity contribution in [2.45, 2.75) is 12.8 Å². The molecular formula is C16H15N3O. The van der Waals surface area contributed by atoms with Crippen LogP contribution in [0.15, 0.2) is 59.2 Å². The predicted octanol–water partition coefficient (Wildman–Crippen LogP) is 3.10. The van der Waals surface area contributed by atoms with Gasteiger partial charge in [0.15, 0.2) is 0 Å². The van der Waals surface area contributed by atoms with Gasteiger partial charge >= 0.3 is 0 Å². The predicted molar refractivity (Wildman–Crippen MR) is 78.0 cm³/mol. The van der Waals surface area contributed by atoms with Crippen LogP contribution in [0.4, 0.5) is 5.95 Å². The SMILES string of the molecule is Nc1nc(CCc2ccco2)cc(-c2ccccc2)n1. The van der Waals surface area contributed by atoms with Crippen LogP contribution in [0.25, 0.3) is 11.3 Å². The fourth-order valence-electron chi connectivity index (χ4n) is 2.11. The molecule has 0 aliphatic rings. The minimum Gasteiger partial charge on any atom is -0.469 e. The van der Waals surface area contributed by atoms with Gasteiger partial charge in [-0.15, -0.1) is 0 Å². The Morgan fingerprint density at radius 1 is 0.950 bits per heavy atom. The maximum atomic E-state index is 5.80. The molecule has 1 aromatic carbocycles. The fourth-order valence-corrected chi connectivity index (χ4v) is 2.11. The van der Waals surface area contributed by atoms with Crippen LogP contribution in [0.1, 0.15) is 11.5 Å². The van der Waals surface area contributed by atoms with Gasteiger partial charge in [0.1, 0.15) is 5.76 Å². The van der Waals surface area contributed by atoms with Gasteiger partial charge in [0.05, 0.1) is 12.0 Å². The third-order valence-electron chi connectivity index (χ3n) is 3.07. The van der Waals surface area contributed by atoms with Crippen LogP contribution >= 0.6 is 0 Å². The Kier molecular flexibility index (Phi) is 3.46. The van der Waals surface area contributed by atoms with E-state index in [9.17, 15) is 0 Å². The molecule has 0 radical (unpaired) electrons. The average molecular weight is 265 g/mol. The highest BCUT2D eigenvalue weighted by atomic mass is 16.3. The number of hydrogen-bond acceptors (Lipinski definition) is 4. The molecule has 3 aromatic rings. The normalized spacial score (nSPS) is 10.6. The first-order valence-electron chi connectivity index (χ1n) is 6.52. The molecule has 2 heterocycles. The summed E-state index contributed by atoms with van der Waals surface area (Å²) in [5.41, 5.74) is 8.62. The van der Waals surface area contributed by atoms with Crippen LogP contribution in [0.5, 0.6) is 0 Å². The van der Waals surface area contributed by atoms with Gasteiger partial charge < -0.3 is 10.2 Å². The highest BCUT2D eigenvalue weighted by molar-refractivity contribution is 5.60. The Morgan fingerprint density at radius 2 is 1.80 bits per heavy atom. The van der Waals surface area contributed by atoms with E-state index in [4.69, 9.17) is 10.2 Å². The number of aromatic nitrogens is 2. The second-order valence-corrected chi connectivity index (χ2v) is 4.55. The zero-order valence-electron chi connectivity index (χ0n) is 11.0. The number of benzene rings is 1. The molecule has 4 nitrogen and oxygen atoms in total. The molecule has 4 heteroatoms. The van der Waals surface area contributed by atoms with Crippen LogP contribution in [0, 0.1) is 0 Å². The van der Waals surface area contributed by atoms with Gasteiger partial charge in [-0.2, -0.15) is 0 Å². The summed E-state index contributed by atoms with van der Waals surface area (Å²) in [6, 6.07) is 15.8. The fraction of sp³-hybridized carbons (Fsp3) is 0.125. The summed E-state index contributed by atoms with van der Waals surface area (Å²) in [6.45, 7) is 0. The summed E-state index contributed by atoms with van der Waals surface area (Å²) in [5, 5.41) is 0. The van der Waals surface area contributed by atoms with E-state index in [1.807, 2.05) is 48.5 Å². The molecular weight excluding hydrogens is 250 g/mol. The van der Waals surface area contributed by atoms with Crippen molar-refractivity contribution in [3.63, 3.8) is 0 Å². The molecule has 0 aliphatic heterocycles. The highest BCUT2D eigenvalue weighted by Gasteiger charge is 2.06. The third kappa shape index (κ3) is 2.85. The summed E-state index contributed by atoms with van der Waals surface area (Å²) in [7, 11) is 0. The van der Waals surface area contributed by atoms with E-state index in [1.165, 1.54) is 0 Å². The van der Waals surface area contributed by atoms with Gasteiger partial charge in [-0.1, -0.05) is 30.3 Å². The largest absolute Gasteiger partial charge is 0.469 e. The summed E-state index contributed by atoms with van der Waals surface area (Å²) in [4.78, 5) is 8.58. The van der Waals surface area contributed by atoms with Crippen molar-refractivity contribution in [3.05, 3.63) is 66.2 Å². The standard InChI is InChI=1S/C16H15N3O/c17-16-18-13(8-9-14-7-4-10-20-14)11-15(19-16)12-5-2-1-3-6-12/h1-7,10-11H,8-9H2,(H2,17,18,19). The third-order valence-corrected chi connectivity index (χ3v) is 3.07. The van der Waals surface area contributed by atoms with E-state index in [1.54, 1.807) is 6.26 Å². The van der Waals surface area contributed by atoms with E-state index >= 15 is 0 Å². The van der Waals surface area contributed by atoms with Crippen LogP contribution in [0.2, 0.25) is 0 Å². The smallest absolute Gasteiger partial charge is 0.220 e. The first kappa shape index (κ1) is 12.4. The lowest BCUT2D eigenvalue weighted by atomic mass is 10.1. The summed E-state index contributed by atoms with van der Waals surface area (Å²) < 4.78 is 5.33. The monoisotopic (exact) mass is 265 g/mol. The number of aryl methyl sites for hydroxylation is 2. The van der Waals surface area contributed by atoms with Crippen LogP contribution in [-0.2, 0) is 12.8 Å². The second-order valence-electron chi connectivity index (χ2n) is 4.55. The molecule has 2 N–H and O–H groups in total. The Labute approximate surface area is 117 Å². The summed E-state index contributed by atoms with van der Waals surface area (Å²) >= 11 is 0. The topological polar surface area (TPSA) is 64.9 Å². The van der Waals surface area contributed by atoms with E-state index in [2.05, 4.69) is 9.97 Å². The van der Waals surface area contributed by atoms with E-state index in [0.717, 1.165) is 35.6 Å². The van der Waals surface area contributed by atoms with Crippen LogP contribution in [-0.4, -0.2) is 9.97 Å². The Morgan fingerprint density at radius 3 is 2.55 bits per heavy atom. The van der Waals surface area contributed by atoms with Crippen molar-refractivity contribution in [2.75, 3.05) is 5.73 Å². The number of furan rings is 1. The Hall–Kier alpha value is -2.62. The molecule has 0 unspecified atom stereocenters. The maximum Gasteiger partial charge on any atom is 0.220 e. The zero-order valence-corrected chi connectivity index (χ0v) is 11.0. The van der Waals surface area contributed by atoms with Crippen molar-refractivity contribution >= 4 is 5.95 Å². The number of nitrogens with two attached hydrogens (primary N) is 1. The molecule has 0 spiro atoms. The molecule has 20 heavy (non-hydrogen) atoms. The minimum atomic E-state index is 0.306. The lowest BCUT2D eigenvalue weighted by Crippen LogP contribution is -2.02. The molecule has 0 fully saturated rings. The first-order chi connectivity index (χ1) is 9.81. The van der Waals surface area contributed by atoms with Crippen molar-refractivity contribution in [1.29, 1.82) is 0 Å². The van der Waals surface area contributed by atoms with Gasteiger partial charge in [-0.25, -0.2) is 9.97 Å². The van der Waals surface area contributed by atoms with Crippen molar-refractivity contribution < 1.29 is 4.42 Å². The quantitative estimate of drug-likeness (QED) is 0.787. The van der Waals surface area contributed by atoms with E-state index in [-0.39, 0.29) is 0 Å². The summed E-state index contributed by atoms with van der Waals surface area (Å²) in [5.74, 6) is 1.25. The highest BCUT2D eigenvalue weighted by Crippen LogP contribution is 2.19. The molecule has 2 aromatic heterocycles. The van der Waals surface area contributed by atoms with Gasteiger partial charge in [-0.05, 0) is 24.6 Å². The Balaban J connectivity index is 1.83. The Bertz CT molecular complexity index is 678. The maximum absolute atomic E-state index is 5.80. The molecule has 0 amide bonds. The zero-order chi connectivity index (χ0) is 13.8. The average Bonchev–Trinajstić information content (AvgIpc) is 2.99. The van der Waals surface area contributed by atoms with Gasteiger partial charge in [-0.3, -0.25) is 0 Å². The van der Waals surface area contributed by atoms with Crippen LogP contribution < -0.4 is 5.73 Å². The van der Waals surface area contributed by atoms with Gasteiger partial charge in [0.25, 0.3) is 0 Å². The van der Waals surface area contributed by atoms with E-state index in [0.29, 0.717) is 5.95 Å². The molecule has 100 valence electrons. The molecule has 0 saturated carbocycles. The summed E-state index contributed by atoms with van der Waals surface area (Å²) in [6.07, 6.45) is 3.26. The number of nitrogen functional groups attached to an aromatic ring is 1. The molecule has 0 saturated heterocycles. The molecule has 0 aliphatic carbocycles. The number of rotatable bonds is 4. The second kappa shape index (κ2) is 5.57. The molecule has 0 bridgehead atoms. The lowest BCUT2D eigenvalue weighted by Gasteiger charge is -2.05. The number of nitrogens with zero attached hydrogens (tertiary/aromatic N) is 2. The van der Waals surface area contributed by atoms with Crippen molar-refractivity contribution in [3.8, 4) is 11.3 Å². The number of anilines is 1. The molecule has 0 atom stereocenters. The van der Waals surface area contributed by atoms with Gasteiger partial charge in [0.2, 0.25) is 5.95 Å². The first-order valence-corrected chi connectivity index (χ1v) is 6.52.